The molecule has 2 aliphatic heterocycles. The first-order chi connectivity index (χ1) is 14.0. The van der Waals surface area contributed by atoms with Crippen molar-refractivity contribution < 1.29 is 9.18 Å². The second-order valence-corrected chi connectivity index (χ2v) is 8.23. The molecule has 154 valence electrons. The van der Waals surface area contributed by atoms with Crippen molar-refractivity contribution in [1.29, 1.82) is 0 Å². The average molecular weight is 397 g/mol. The molecule has 0 aliphatic carbocycles. The SMILES string of the molecule is Cc1ccc(C(=O)NC2CCN(C3CC(c4ccc(F)cc4)NN3)CC2)cc1C. The van der Waals surface area contributed by atoms with Crippen LogP contribution in [0.5, 0.6) is 0 Å². The monoisotopic (exact) mass is 396 g/mol. The highest BCUT2D eigenvalue weighted by molar-refractivity contribution is 5.94. The molecule has 1 amide bonds. The van der Waals surface area contributed by atoms with Crippen LogP contribution in [0.4, 0.5) is 4.39 Å². The van der Waals surface area contributed by atoms with Crippen LogP contribution in [0.25, 0.3) is 0 Å². The lowest BCUT2D eigenvalue weighted by Crippen LogP contribution is -2.51. The molecule has 2 heterocycles. The molecular weight excluding hydrogens is 367 g/mol. The van der Waals surface area contributed by atoms with Crippen molar-refractivity contribution in [3.8, 4) is 0 Å². The van der Waals surface area contributed by atoms with E-state index in [9.17, 15) is 9.18 Å². The molecule has 2 aliphatic rings. The molecule has 2 atom stereocenters. The van der Waals surface area contributed by atoms with E-state index in [0.29, 0.717) is 0 Å². The Kier molecular flexibility index (Phi) is 5.94. The summed E-state index contributed by atoms with van der Waals surface area (Å²) in [6.07, 6.45) is 3.07. The first-order valence-electron chi connectivity index (χ1n) is 10.4. The van der Waals surface area contributed by atoms with Gasteiger partial charge in [-0.2, -0.15) is 0 Å². The molecule has 5 nitrogen and oxygen atoms in total. The number of carbonyl (C=O) groups is 1. The van der Waals surface area contributed by atoms with Gasteiger partial charge in [-0.3, -0.25) is 9.69 Å². The molecule has 0 radical (unpaired) electrons. The molecule has 2 saturated heterocycles. The van der Waals surface area contributed by atoms with Gasteiger partial charge in [-0.1, -0.05) is 18.2 Å². The molecule has 0 spiro atoms. The average Bonchev–Trinajstić information content (AvgIpc) is 3.21. The number of nitrogens with zero attached hydrogens (tertiary/aromatic N) is 1. The van der Waals surface area contributed by atoms with E-state index in [4.69, 9.17) is 0 Å². The number of aryl methyl sites for hydroxylation is 2. The zero-order valence-corrected chi connectivity index (χ0v) is 17.0. The summed E-state index contributed by atoms with van der Waals surface area (Å²) in [5.74, 6) is -0.190. The lowest BCUT2D eigenvalue weighted by atomic mass is 10.0. The lowest BCUT2D eigenvalue weighted by Gasteiger charge is -2.35. The van der Waals surface area contributed by atoms with Crippen LogP contribution in [0.3, 0.4) is 0 Å². The Morgan fingerprint density at radius 3 is 2.45 bits per heavy atom. The molecule has 2 unspecified atom stereocenters. The quantitative estimate of drug-likeness (QED) is 0.743. The topological polar surface area (TPSA) is 56.4 Å². The zero-order valence-electron chi connectivity index (χ0n) is 17.0. The number of nitrogens with one attached hydrogen (secondary N) is 3. The van der Waals surface area contributed by atoms with Crippen molar-refractivity contribution in [3.05, 3.63) is 70.5 Å². The third-order valence-corrected chi connectivity index (χ3v) is 6.23. The number of rotatable bonds is 4. The second kappa shape index (κ2) is 8.61. The van der Waals surface area contributed by atoms with Crippen molar-refractivity contribution in [2.75, 3.05) is 13.1 Å². The van der Waals surface area contributed by atoms with E-state index in [1.807, 2.05) is 37.3 Å². The van der Waals surface area contributed by atoms with E-state index in [2.05, 4.69) is 28.0 Å². The number of hydrazine groups is 1. The van der Waals surface area contributed by atoms with E-state index in [-0.39, 0.29) is 30.0 Å². The van der Waals surface area contributed by atoms with Crippen molar-refractivity contribution in [2.24, 2.45) is 0 Å². The Hall–Kier alpha value is -2.28. The normalized spacial score (nSPS) is 23.3. The summed E-state index contributed by atoms with van der Waals surface area (Å²) in [5, 5.41) is 3.20. The highest BCUT2D eigenvalue weighted by Gasteiger charge is 2.32. The van der Waals surface area contributed by atoms with Gasteiger partial charge in [-0.15, -0.1) is 0 Å². The maximum atomic E-state index is 13.1. The molecule has 29 heavy (non-hydrogen) atoms. The number of amides is 1. The summed E-state index contributed by atoms with van der Waals surface area (Å²) >= 11 is 0. The number of hydrogen-bond acceptors (Lipinski definition) is 4. The van der Waals surface area contributed by atoms with Gasteiger partial charge < -0.3 is 5.32 Å². The van der Waals surface area contributed by atoms with Gasteiger partial charge in [0.05, 0.1) is 6.17 Å². The van der Waals surface area contributed by atoms with Gasteiger partial charge >= 0.3 is 0 Å². The van der Waals surface area contributed by atoms with Crippen LogP contribution in [-0.2, 0) is 0 Å². The Morgan fingerprint density at radius 1 is 1.03 bits per heavy atom. The zero-order chi connectivity index (χ0) is 20.4. The van der Waals surface area contributed by atoms with Crippen molar-refractivity contribution in [1.82, 2.24) is 21.1 Å². The largest absolute Gasteiger partial charge is 0.349 e. The number of carbonyl (C=O) groups excluding carboxylic acids is 1. The lowest BCUT2D eigenvalue weighted by molar-refractivity contribution is 0.0880. The van der Waals surface area contributed by atoms with Crippen LogP contribution in [-0.4, -0.2) is 36.1 Å². The highest BCUT2D eigenvalue weighted by atomic mass is 19.1. The minimum atomic E-state index is -0.207. The molecule has 3 N–H and O–H groups in total. The van der Waals surface area contributed by atoms with Crippen molar-refractivity contribution >= 4 is 5.91 Å². The Balaban J connectivity index is 1.27. The predicted octanol–water partition coefficient (Wildman–Crippen LogP) is 3.20. The van der Waals surface area contributed by atoms with Gasteiger partial charge in [0, 0.05) is 30.7 Å². The van der Waals surface area contributed by atoms with Crippen molar-refractivity contribution in [2.45, 2.75) is 51.4 Å². The number of hydrogen-bond donors (Lipinski definition) is 3. The fourth-order valence-electron chi connectivity index (χ4n) is 4.20. The predicted molar refractivity (Wildman–Crippen MR) is 112 cm³/mol. The van der Waals surface area contributed by atoms with Crippen LogP contribution in [0.15, 0.2) is 42.5 Å². The van der Waals surface area contributed by atoms with Crippen LogP contribution < -0.4 is 16.2 Å². The molecule has 0 saturated carbocycles. The number of halogens is 1. The van der Waals surface area contributed by atoms with Gasteiger partial charge in [-0.25, -0.2) is 15.2 Å². The Bertz CT molecular complexity index is 862. The Labute approximate surface area is 171 Å². The van der Waals surface area contributed by atoms with E-state index in [1.54, 1.807) is 0 Å². The number of likely N-dealkylation sites (tertiary alicyclic amines) is 1. The smallest absolute Gasteiger partial charge is 0.251 e. The van der Waals surface area contributed by atoms with Crippen LogP contribution in [0.2, 0.25) is 0 Å². The van der Waals surface area contributed by atoms with Crippen LogP contribution in [0, 0.1) is 19.7 Å². The van der Waals surface area contributed by atoms with Gasteiger partial charge in [0.15, 0.2) is 0 Å². The summed E-state index contributed by atoms with van der Waals surface area (Å²) < 4.78 is 13.1. The maximum absolute atomic E-state index is 13.1. The van der Waals surface area contributed by atoms with Crippen molar-refractivity contribution in [3.63, 3.8) is 0 Å². The highest BCUT2D eigenvalue weighted by Crippen LogP contribution is 2.26. The van der Waals surface area contributed by atoms with Gasteiger partial charge in [0.2, 0.25) is 0 Å². The summed E-state index contributed by atoms with van der Waals surface area (Å²) in [7, 11) is 0. The molecule has 2 fully saturated rings. The van der Waals surface area contributed by atoms with Crippen LogP contribution in [0.1, 0.15) is 52.4 Å². The molecule has 4 rings (SSSR count). The third kappa shape index (κ3) is 4.66. The van der Waals surface area contributed by atoms with Gasteiger partial charge in [0.25, 0.3) is 5.91 Å². The van der Waals surface area contributed by atoms with E-state index in [0.717, 1.165) is 49.0 Å². The van der Waals surface area contributed by atoms with E-state index in [1.165, 1.54) is 17.7 Å². The molecule has 0 aromatic heterocycles. The number of benzene rings is 2. The number of piperidine rings is 1. The first kappa shape index (κ1) is 20.0. The molecule has 0 bridgehead atoms. The molecule has 6 heteroatoms. The van der Waals surface area contributed by atoms with Gasteiger partial charge in [0.1, 0.15) is 5.82 Å². The standard InChI is InChI=1S/C23H29FN4O/c1-15-3-4-18(13-16(15)2)23(29)25-20-9-11-28(12-10-20)22-14-21(26-27-22)17-5-7-19(24)8-6-17/h3-8,13,20-22,26-27H,9-12,14H2,1-2H3,(H,25,29). The molecule has 2 aromatic carbocycles. The minimum absolute atomic E-state index is 0.0172. The first-order valence-corrected chi connectivity index (χ1v) is 10.4. The van der Waals surface area contributed by atoms with Crippen LogP contribution >= 0.6 is 0 Å². The summed E-state index contributed by atoms with van der Waals surface area (Å²) in [5.41, 5.74) is 10.9. The Morgan fingerprint density at radius 2 is 1.76 bits per heavy atom. The second-order valence-electron chi connectivity index (χ2n) is 8.23. The van der Waals surface area contributed by atoms with Gasteiger partial charge in [-0.05, 0) is 74.1 Å². The molecule has 2 aromatic rings. The molecular formula is C23H29FN4O. The van der Waals surface area contributed by atoms with E-state index < -0.39 is 0 Å². The summed E-state index contributed by atoms with van der Waals surface area (Å²) in [6, 6.07) is 13.0. The van der Waals surface area contributed by atoms with E-state index >= 15 is 0 Å². The fourth-order valence-corrected chi connectivity index (χ4v) is 4.20. The fraction of sp³-hybridized carbons (Fsp3) is 0.435. The maximum Gasteiger partial charge on any atom is 0.251 e. The summed E-state index contributed by atoms with van der Waals surface area (Å²) in [4.78, 5) is 15.0. The minimum Gasteiger partial charge on any atom is -0.349 e. The summed E-state index contributed by atoms with van der Waals surface area (Å²) in [6.45, 7) is 5.96. The third-order valence-electron chi connectivity index (χ3n) is 6.23.